The Labute approximate surface area is 122 Å². The molecule has 1 fully saturated rings. The summed E-state index contributed by atoms with van der Waals surface area (Å²) < 4.78 is 0. The van der Waals surface area contributed by atoms with E-state index in [1.165, 1.54) is 0 Å². The van der Waals surface area contributed by atoms with Crippen LogP contribution in [0.1, 0.15) is 23.2 Å². The van der Waals surface area contributed by atoms with Gasteiger partial charge < -0.3 is 15.7 Å². The molecule has 0 aromatic heterocycles. The zero-order chi connectivity index (χ0) is 14.8. The minimum Gasteiger partial charge on any atom is -0.507 e. The molecule has 1 saturated heterocycles. The Morgan fingerprint density at radius 3 is 2.67 bits per heavy atom. The smallest absolute Gasteiger partial charge is 0.255 e. The lowest BCUT2D eigenvalue weighted by molar-refractivity contribution is -0.119. The number of aromatic hydroxyl groups is 1. The molecule has 2 aromatic carbocycles. The van der Waals surface area contributed by atoms with Crippen LogP contribution in [-0.2, 0) is 4.79 Å². The molecule has 0 spiro atoms. The number of fused-ring (bicyclic) bond motifs is 1. The summed E-state index contributed by atoms with van der Waals surface area (Å²) in [4.78, 5) is 23.3. The van der Waals surface area contributed by atoms with Crippen molar-refractivity contribution in [3.05, 3.63) is 42.0 Å². The van der Waals surface area contributed by atoms with E-state index in [0.717, 1.165) is 17.2 Å². The predicted octanol–water partition coefficient (Wildman–Crippen LogP) is 1.55. The normalized spacial score (nSPS) is 17.7. The fraction of sp³-hybridized carbons (Fsp3) is 0.250. The third kappa shape index (κ3) is 2.81. The molecule has 0 saturated carbocycles. The summed E-state index contributed by atoms with van der Waals surface area (Å²) >= 11 is 0. The molecule has 1 aliphatic rings. The number of benzene rings is 2. The van der Waals surface area contributed by atoms with Gasteiger partial charge in [0.05, 0.1) is 5.56 Å². The zero-order valence-corrected chi connectivity index (χ0v) is 11.4. The number of amides is 2. The van der Waals surface area contributed by atoms with Crippen molar-refractivity contribution in [2.75, 3.05) is 6.54 Å². The van der Waals surface area contributed by atoms with E-state index >= 15 is 0 Å². The van der Waals surface area contributed by atoms with E-state index in [-0.39, 0.29) is 29.2 Å². The van der Waals surface area contributed by atoms with Gasteiger partial charge in [-0.2, -0.15) is 0 Å². The highest BCUT2D eigenvalue weighted by molar-refractivity contribution is 6.01. The first-order chi connectivity index (χ1) is 10.1. The third-order valence-electron chi connectivity index (χ3n) is 3.70. The van der Waals surface area contributed by atoms with Crippen molar-refractivity contribution in [3.8, 4) is 5.75 Å². The van der Waals surface area contributed by atoms with Gasteiger partial charge in [-0.25, -0.2) is 0 Å². The fourth-order valence-corrected chi connectivity index (χ4v) is 2.55. The van der Waals surface area contributed by atoms with Crippen LogP contribution in [0.4, 0.5) is 0 Å². The molecule has 3 rings (SSSR count). The topological polar surface area (TPSA) is 78.4 Å². The van der Waals surface area contributed by atoms with Gasteiger partial charge in [0.1, 0.15) is 5.75 Å². The van der Waals surface area contributed by atoms with Gasteiger partial charge in [0.25, 0.3) is 5.91 Å². The monoisotopic (exact) mass is 284 g/mol. The maximum Gasteiger partial charge on any atom is 0.255 e. The Hall–Kier alpha value is -2.56. The molecule has 0 radical (unpaired) electrons. The van der Waals surface area contributed by atoms with Crippen molar-refractivity contribution in [1.29, 1.82) is 0 Å². The van der Waals surface area contributed by atoms with Crippen LogP contribution in [0.3, 0.4) is 0 Å². The van der Waals surface area contributed by atoms with Gasteiger partial charge in [-0.05, 0) is 29.3 Å². The van der Waals surface area contributed by atoms with Gasteiger partial charge >= 0.3 is 0 Å². The lowest BCUT2D eigenvalue weighted by Crippen LogP contribution is -2.38. The van der Waals surface area contributed by atoms with Crippen LogP contribution in [0.25, 0.3) is 10.8 Å². The van der Waals surface area contributed by atoms with Crippen LogP contribution in [-0.4, -0.2) is 29.5 Å². The first kappa shape index (κ1) is 13.4. The summed E-state index contributed by atoms with van der Waals surface area (Å²) in [6.07, 6.45) is 1.23. The quantitative estimate of drug-likeness (QED) is 0.800. The Kier molecular flexibility index (Phi) is 3.48. The lowest BCUT2D eigenvalue weighted by Gasteiger charge is -2.12. The second-order valence-corrected chi connectivity index (χ2v) is 5.23. The van der Waals surface area contributed by atoms with E-state index in [1.54, 1.807) is 12.1 Å². The molecule has 0 aliphatic carbocycles. The minimum absolute atomic E-state index is 0.0165. The van der Waals surface area contributed by atoms with Crippen LogP contribution < -0.4 is 10.6 Å². The largest absolute Gasteiger partial charge is 0.507 e. The van der Waals surface area contributed by atoms with Gasteiger partial charge in [0.15, 0.2) is 0 Å². The van der Waals surface area contributed by atoms with E-state index < -0.39 is 0 Å². The molecule has 1 aliphatic heterocycles. The minimum atomic E-state index is -0.334. The van der Waals surface area contributed by atoms with Gasteiger partial charge in [-0.3, -0.25) is 9.59 Å². The Bertz CT molecular complexity index is 712. The van der Waals surface area contributed by atoms with E-state index in [1.807, 2.05) is 24.3 Å². The molecule has 2 aromatic rings. The van der Waals surface area contributed by atoms with Crippen LogP contribution in [0.15, 0.2) is 36.4 Å². The Morgan fingerprint density at radius 2 is 2.00 bits per heavy atom. The third-order valence-corrected chi connectivity index (χ3v) is 3.70. The number of carbonyl (C=O) groups is 2. The second kappa shape index (κ2) is 5.44. The molecule has 1 heterocycles. The number of hydrogen-bond acceptors (Lipinski definition) is 3. The molecule has 5 nitrogen and oxygen atoms in total. The van der Waals surface area contributed by atoms with Crippen molar-refractivity contribution in [3.63, 3.8) is 0 Å². The maximum absolute atomic E-state index is 12.2. The number of nitrogens with one attached hydrogen (secondary N) is 2. The van der Waals surface area contributed by atoms with E-state index in [4.69, 9.17) is 0 Å². The molecule has 5 heteroatoms. The molecule has 1 unspecified atom stereocenters. The van der Waals surface area contributed by atoms with E-state index in [2.05, 4.69) is 10.6 Å². The van der Waals surface area contributed by atoms with Crippen molar-refractivity contribution in [2.45, 2.75) is 18.9 Å². The summed E-state index contributed by atoms with van der Waals surface area (Å²) in [6, 6.07) is 10.8. The first-order valence-electron chi connectivity index (χ1n) is 6.93. The summed E-state index contributed by atoms with van der Waals surface area (Å²) in [6.45, 7) is 0.372. The van der Waals surface area contributed by atoms with E-state index in [9.17, 15) is 14.7 Å². The summed E-state index contributed by atoms with van der Waals surface area (Å²) in [5.41, 5.74) is 0.248. The Morgan fingerprint density at radius 1 is 1.29 bits per heavy atom. The van der Waals surface area contributed by atoms with Crippen molar-refractivity contribution in [1.82, 2.24) is 10.6 Å². The highest BCUT2D eigenvalue weighted by atomic mass is 16.3. The first-order valence-corrected chi connectivity index (χ1v) is 6.93. The summed E-state index contributed by atoms with van der Waals surface area (Å²) in [5, 5.41) is 17.3. The van der Waals surface area contributed by atoms with Gasteiger partial charge in [-0.1, -0.05) is 24.3 Å². The number of rotatable bonds is 3. The highest BCUT2D eigenvalue weighted by Crippen LogP contribution is 2.24. The van der Waals surface area contributed by atoms with Crippen molar-refractivity contribution < 1.29 is 14.7 Å². The fourth-order valence-electron chi connectivity index (χ4n) is 2.55. The van der Waals surface area contributed by atoms with Crippen LogP contribution >= 0.6 is 0 Å². The van der Waals surface area contributed by atoms with Crippen LogP contribution in [0.2, 0.25) is 0 Å². The standard InChI is InChI=1S/C16H16N2O3/c19-14-8-11-4-2-1-3-10(11)7-13(14)16(21)17-9-12-5-6-15(20)18-12/h1-4,7-8,12,19H,5-6,9H2,(H,17,21)(H,18,20). The molecule has 2 amide bonds. The molecule has 1 atom stereocenters. The maximum atomic E-state index is 12.2. The number of carbonyl (C=O) groups excluding carboxylic acids is 2. The molecular weight excluding hydrogens is 268 g/mol. The molecule has 3 N–H and O–H groups in total. The second-order valence-electron chi connectivity index (χ2n) is 5.23. The predicted molar refractivity (Wildman–Crippen MR) is 79.1 cm³/mol. The number of phenolic OH excluding ortho intramolecular Hbond substituents is 1. The SMILES string of the molecule is O=C1CCC(CNC(=O)c2cc3ccccc3cc2O)N1. The molecule has 21 heavy (non-hydrogen) atoms. The molecule has 108 valence electrons. The van der Waals surface area contributed by atoms with Gasteiger partial charge in [-0.15, -0.1) is 0 Å². The summed E-state index contributed by atoms with van der Waals surface area (Å²) in [5.74, 6) is -0.358. The van der Waals surface area contributed by atoms with Gasteiger partial charge in [0, 0.05) is 19.0 Å². The average Bonchev–Trinajstić information content (AvgIpc) is 2.89. The zero-order valence-electron chi connectivity index (χ0n) is 11.4. The van der Waals surface area contributed by atoms with Crippen molar-refractivity contribution >= 4 is 22.6 Å². The van der Waals surface area contributed by atoms with E-state index in [0.29, 0.717) is 13.0 Å². The highest BCUT2D eigenvalue weighted by Gasteiger charge is 2.21. The Balaban J connectivity index is 1.74. The number of phenols is 1. The van der Waals surface area contributed by atoms with Crippen LogP contribution in [0.5, 0.6) is 5.75 Å². The summed E-state index contributed by atoms with van der Waals surface area (Å²) in [7, 11) is 0. The van der Waals surface area contributed by atoms with Crippen LogP contribution in [0, 0.1) is 0 Å². The average molecular weight is 284 g/mol. The van der Waals surface area contributed by atoms with Crippen molar-refractivity contribution in [2.24, 2.45) is 0 Å². The van der Waals surface area contributed by atoms with Gasteiger partial charge in [0.2, 0.25) is 5.91 Å². The lowest BCUT2D eigenvalue weighted by atomic mass is 10.1. The molecule has 0 bridgehead atoms. The molecular formula is C16H16N2O3. The number of hydrogen-bond donors (Lipinski definition) is 3.